The van der Waals surface area contributed by atoms with Crippen molar-refractivity contribution in [2.45, 2.75) is 0 Å². The lowest BCUT2D eigenvalue weighted by Gasteiger charge is -2.10. The van der Waals surface area contributed by atoms with Crippen molar-refractivity contribution < 1.29 is 13.9 Å². The Morgan fingerprint density at radius 3 is 2.62 bits per heavy atom. The first-order valence-corrected chi connectivity index (χ1v) is 8.07. The number of fused-ring (bicyclic) bond motifs is 2. The zero-order valence-corrected chi connectivity index (χ0v) is 14.0. The van der Waals surface area contributed by atoms with Gasteiger partial charge in [0.05, 0.1) is 12.7 Å². The summed E-state index contributed by atoms with van der Waals surface area (Å²) in [6, 6.07) is 19.7. The van der Waals surface area contributed by atoms with Crippen LogP contribution in [0.25, 0.3) is 21.7 Å². The third-order valence-corrected chi connectivity index (χ3v) is 4.23. The molecular weight excluding hydrogens is 330 g/mol. The highest BCUT2D eigenvalue weighted by Crippen LogP contribution is 2.26. The first kappa shape index (κ1) is 15.9. The van der Waals surface area contributed by atoms with Gasteiger partial charge >= 0.3 is 5.63 Å². The summed E-state index contributed by atoms with van der Waals surface area (Å²) in [6.07, 6.45) is 0. The summed E-state index contributed by atoms with van der Waals surface area (Å²) < 4.78 is 10.3. The molecule has 128 valence electrons. The van der Waals surface area contributed by atoms with Gasteiger partial charge in [-0.25, -0.2) is 4.79 Å². The molecule has 4 rings (SSSR count). The van der Waals surface area contributed by atoms with Crippen LogP contribution < -0.4 is 15.7 Å². The first-order valence-electron chi connectivity index (χ1n) is 8.07. The zero-order valence-electron chi connectivity index (χ0n) is 14.0. The summed E-state index contributed by atoms with van der Waals surface area (Å²) in [6.45, 7) is 0. The normalized spacial score (nSPS) is 10.8. The molecule has 1 aromatic heterocycles. The molecule has 1 N–H and O–H groups in total. The maximum absolute atomic E-state index is 12.9. The van der Waals surface area contributed by atoms with Crippen molar-refractivity contribution in [1.29, 1.82) is 0 Å². The van der Waals surface area contributed by atoms with Crippen molar-refractivity contribution in [2.75, 3.05) is 12.4 Å². The average Bonchev–Trinajstić information content (AvgIpc) is 2.67. The van der Waals surface area contributed by atoms with Crippen LogP contribution in [0, 0.1) is 0 Å². The van der Waals surface area contributed by atoms with Gasteiger partial charge in [-0.2, -0.15) is 0 Å². The molecule has 0 aliphatic rings. The van der Waals surface area contributed by atoms with Gasteiger partial charge in [-0.1, -0.05) is 36.4 Å². The highest BCUT2D eigenvalue weighted by Gasteiger charge is 2.15. The van der Waals surface area contributed by atoms with E-state index in [-0.39, 0.29) is 11.5 Å². The van der Waals surface area contributed by atoms with E-state index in [0.29, 0.717) is 22.4 Å². The van der Waals surface area contributed by atoms with Crippen LogP contribution in [0.15, 0.2) is 75.9 Å². The van der Waals surface area contributed by atoms with Crippen molar-refractivity contribution in [3.8, 4) is 5.75 Å². The molecule has 5 nitrogen and oxygen atoms in total. The van der Waals surface area contributed by atoms with E-state index in [0.717, 1.165) is 10.8 Å². The first-order chi connectivity index (χ1) is 12.7. The molecule has 4 aromatic rings. The quantitative estimate of drug-likeness (QED) is 0.565. The number of methoxy groups -OCH3 is 1. The summed E-state index contributed by atoms with van der Waals surface area (Å²) in [4.78, 5) is 24.7. The molecule has 0 saturated carbocycles. The minimum Gasteiger partial charge on any atom is -0.497 e. The van der Waals surface area contributed by atoms with E-state index in [1.54, 1.807) is 18.2 Å². The predicted octanol–water partition coefficient (Wildman–Crippen LogP) is 4.21. The van der Waals surface area contributed by atoms with Crippen LogP contribution >= 0.6 is 0 Å². The molecule has 0 unspecified atom stereocenters. The summed E-state index contributed by atoms with van der Waals surface area (Å²) in [5, 5.41) is 5.39. The molecule has 26 heavy (non-hydrogen) atoms. The number of anilines is 1. The topological polar surface area (TPSA) is 68.5 Å². The van der Waals surface area contributed by atoms with Crippen molar-refractivity contribution >= 4 is 33.3 Å². The molecule has 1 amide bonds. The molecule has 0 saturated heterocycles. The number of nitrogens with one attached hydrogen (secondary N) is 1. The molecule has 3 aromatic carbocycles. The van der Waals surface area contributed by atoms with E-state index in [2.05, 4.69) is 5.32 Å². The van der Waals surface area contributed by atoms with E-state index in [1.807, 2.05) is 42.5 Å². The third kappa shape index (κ3) is 2.80. The molecule has 0 spiro atoms. The number of amides is 1. The van der Waals surface area contributed by atoms with Gasteiger partial charge in [-0.05, 0) is 23.6 Å². The Labute approximate surface area is 148 Å². The number of hydrogen-bond donors (Lipinski definition) is 1. The molecule has 0 atom stereocenters. The molecular formula is C21H15NO4. The Bertz CT molecular complexity index is 1190. The second-order valence-corrected chi connectivity index (χ2v) is 5.82. The smallest absolute Gasteiger partial charge is 0.337 e. The van der Waals surface area contributed by atoms with Crippen LogP contribution in [0.2, 0.25) is 0 Å². The van der Waals surface area contributed by atoms with Gasteiger partial charge in [0.25, 0.3) is 5.91 Å². The summed E-state index contributed by atoms with van der Waals surface area (Å²) in [7, 11) is 1.52. The summed E-state index contributed by atoms with van der Waals surface area (Å²) in [5.74, 6) is 0.177. The van der Waals surface area contributed by atoms with Gasteiger partial charge in [0.2, 0.25) is 0 Å². The average molecular weight is 345 g/mol. The lowest BCUT2D eigenvalue weighted by molar-refractivity contribution is 0.102. The molecule has 0 fully saturated rings. The van der Waals surface area contributed by atoms with Gasteiger partial charge in [-0.3, -0.25) is 4.79 Å². The van der Waals surface area contributed by atoms with Gasteiger partial charge in [-0.15, -0.1) is 0 Å². The number of hydrogen-bond acceptors (Lipinski definition) is 4. The van der Waals surface area contributed by atoms with Gasteiger partial charge in [0.15, 0.2) is 0 Å². The minimum absolute atomic E-state index is 0.256. The Morgan fingerprint density at radius 2 is 1.77 bits per heavy atom. The van der Waals surface area contributed by atoms with Crippen molar-refractivity contribution in [1.82, 2.24) is 0 Å². The fourth-order valence-corrected chi connectivity index (χ4v) is 2.98. The monoisotopic (exact) mass is 345 g/mol. The maximum atomic E-state index is 12.9. The van der Waals surface area contributed by atoms with Crippen LogP contribution in [-0.4, -0.2) is 13.0 Å². The van der Waals surface area contributed by atoms with Crippen molar-refractivity contribution in [2.24, 2.45) is 0 Å². The fourth-order valence-electron chi connectivity index (χ4n) is 2.98. The highest BCUT2D eigenvalue weighted by atomic mass is 16.5. The Morgan fingerprint density at radius 1 is 0.962 bits per heavy atom. The predicted molar refractivity (Wildman–Crippen MR) is 101 cm³/mol. The molecule has 1 heterocycles. The van der Waals surface area contributed by atoms with Gasteiger partial charge in [0.1, 0.15) is 11.3 Å². The number of benzene rings is 3. The summed E-state index contributed by atoms with van der Waals surface area (Å²) in [5.41, 5.74) is 0.656. The lowest BCUT2D eigenvalue weighted by atomic mass is 10.1. The molecule has 0 bridgehead atoms. The molecule has 5 heteroatoms. The number of carbonyl (C=O) groups is 1. The molecule has 0 radical (unpaired) electrons. The van der Waals surface area contributed by atoms with Crippen LogP contribution in [0.4, 0.5) is 5.69 Å². The van der Waals surface area contributed by atoms with Crippen molar-refractivity contribution in [3.63, 3.8) is 0 Å². The minimum atomic E-state index is -0.589. The van der Waals surface area contributed by atoms with E-state index >= 15 is 0 Å². The van der Waals surface area contributed by atoms with Gasteiger partial charge < -0.3 is 14.5 Å². The number of rotatable bonds is 3. The maximum Gasteiger partial charge on any atom is 0.337 e. The zero-order chi connectivity index (χ0) is 18.1. The van der Waals surface area contributed by atoms with Gasteiger partial charge in [0, 0.05) is 28.6 Å². The largest absolute Gasteiger partial charge is 0.497 e. The SMILES string of the molecule is COc1ccc2c(C(=O)Nc3cccc4ccccc34)cc(=O)oc2c1. The second-order valence-electron chi connectivity index (χ2n) is 5.82. The Kier molecular flexibility index (Phi) is 3.89. The van der Waals surface area contributed by atoms with Crippen LogP contribution in [0.1, 0.15) is 10.4 Å². The standard InChI is InChI=1S/C21H15NO4/c1-25-14-9-10-16-17(12-20(23)26-19(16)11-14)21(24)22-18-8-4-6-13-5-2-3-7-15(13)18/h2-12H,1H3,(H,22,24). The highest BCUT2D eigenvalue weighted by molar-refractivity contribution is 6.14. The Hall–Kier alpha value is -3.60. The van der Waals surface area contributed by atoms with E-state index < -0.39 is 5.63 Å². The molecule has 0 aliphatic carbocycles. The number of carbonyl (C=O) groups excluding carboxylic acids is 1. The number of ether oxygens (including phenoxy) is 1. The third-order valence-electron chi connectivity index (χ3n) is 4.23. The van der Waals surface area contributed by atoms with E-state index in [4.69, 9.17) is 9.15 Å². The van der Waals surface area contributed by atoms with Crippen LogP contribution in [0.3, 0.4) is 0 Å². The molecule has 0 aliphatic heterocycles. The van der Waals surface area contributed by atoms with E-state index in [9.17, 15) is 9.59 Å². The Balaban J connectivity index is 1.80. The fraction of sp³-hybridized carbons (Fsp3) is 0.0476. The van der Waals surface area contributed by atoms with E-state index in [1.165, 1.54) is 13.2 Å². The summed E-state index contributed by atoms with van der Waals surface area (Å²) >= 11 is 0. The van der Waals surface area contributed by atoms with Crippen LogP contribution in [0.5, 0.6) is 5.75 Å². The van der Waals surface area contributed by atoms with Crippen molar-refractivity contribution in [3.05, 3.63) is 82.7 Å². The lowest BCUT2D eigenvalue weighted by Crippen LogP contribution is -2.15. The van der Waals surface area contributed by atoms with Crippen LogP contribution in [-0.2, 0) is 0 Å². The second kappa shape index (κ2) is 6.37.